The summed E-state index contributed by atoms with van der Waals surface area (Å²) in [6, 6.07) is 14.9. The summed E-state index contributed by atoms with van der Waals surface area (Å²) >= 11 is 0. The maximum Gasteiger partial charge on any atom is 0.319 e. The van der Waals surface area contributed by atoms with Gasteiger partial charge in [-0.2, -0.15) is 0 Å². The Bertz CT molecular complexity index is 1190. The maximum absolute atomic E-state index is 13.5. The van der Waals surface area contributed by atoms with Crippen LogP contribution in [0.2, 0.25) is 0 Å². The summed E-state index contributed by atoms with van der Waals surface area (Å²) in [6.07, 6.45) is 3.15. The molecule has 0 N–H and O–H groups in total. The molecule has 0 unspecified atom stereocenters. The largest absolute Gasteiger partial charge is 0.464 e. The van der Waals surface area contributed by atoms with E-state index < -0.39 is 0 Å². The van der Waals surface area contributed by atoms with E-state index >= 15 is 0 Å². The third-order valence-corrected chi connectivity index (χ3v) is 5.69. The standard InChI is InChI=1S/C27H33N3O4/c1-5-6-14-29(27(33)28(3)4)18-25(31)30(16-21-10-8-7-9-11-21)17-22-19-34-24-13-12-20(2)15-23(24)26(22)32/h7-13,15,19H,5-6,14,16-18H2,1-4H3. The molecule has 0 aliphatic rings. The predicted octanol–water partition coefficient (Wildman–Crippen LogP) is 4.41. The molecule has 2 aromatic carbocycles. The predicted molar refractivity (Wildman–Crippen MR) is 133 cm³/mol. The fourth-order valence-corrected chi connectivity index (χ4v) is 3.77. The number of hydrogen-bond donors (Lipinski definition) is 0. The number of fused-ring (bicyclic) bond motifs is 1. The number of urea groups is 1. The number of benzene rings is 2. The molecule has 0 radical (unpaired) electrons. The molecular weight excluding hydrogens is 430 g/mol. The van der Waals surface area contributed by atoms with Crippen LogP contribution in [-0.4, -0.2) is 53.8 Å². The normalized spacial score (nSPS) is 10.8. The van der Waals surface area contributed by atoms with Gasteiger partial charge in [-0.15, -0.1) is 0 Å². The van der Waals surface area contributed by atoms with E-state index in [4.69, 9.17) is 4.42 Å². The van der Waals surface area contributed by atoms with Gasteiger partial charge in [0.2, 0.25) is 5.91 Å². The third-order valence-electron chi connectivity index (χ3n) is 5.69. The Morgan fingerprint density at radius 1 is 0.971 bits per heavy atom. The van der Waals surface area contributed by atoms with Crippen molar-refractivity contribution in [2.75, 3.05) is 27.2 Å². The van der Waals surface area contributed by atoms with Gasteiger partial charge in [0.25, 0.3) is 0 Å². The van der Waals surface area contributed by atoms with Gasteiger partial charge in [-0.05, 0) is 31.0 Å². The van der Waals surface area contributed by atoms with E-state index in [-0.39, 0.29) is 30.5 Å². The van der Waals surface area contributed by atoms with Crippen LogP contribution in [0.4, 0.5) is 4.79 Å². The highest BCUT2D eigenvalue weighted by Gasteiger charge is 2.23. The van der Waals surface area contributed by atoms with E-state index in [1.54, 1.807) is 36.0 Å². The maximum atomic E-state index is 13.5. The molecule has 180 valence electrons. The Morgan fingerprint density at radius 2 is 1.71 bits per heavy atom. The highest BCUT2D eigenvalue weighted by molar-refractivity contribution is 5.84. The fraction of sp³-hybridized carbons (Fsp3) is 0.370. The van der Waals surface area contributed by atoms with E-state index in [1.807, 2.05) is 50.2 Å². The topological polar surface area (TPSA) is 74.1 Å². The van der Waals surface area contributed by atoms with Crippen LogP contribution in [0.1, 0.15) is 36.5 Å². The number of aryl methyl sites for hydroxylation is 1. The molecule has 0 bridgehead atoms. The molecule has 0 aliphatic heterocycles. The van der Waals surface area contributed by atoms with Crippen molar-refractivity contribution >= 4 is 22.9 Å². The van der Waals surface area contributed by atoms with Crippen LogP contribution in [0.5, 0.6) is 0 Å². The zero-order valence-electron chi connectivity index (χ0n) is 20.4. The molecule has 0 fully saturated rings. The molecular formula is C27H33N3O4. The van der Waals surface area contributed by atoms with Crippen molar-refractivity contribution in [3.05, 3.63) is 81.7 Å². The number of amides is 3. The third kappa shape index (κ3) is 6.25. The number of carbonyl (C=O) groups excluding carboxylic acids is 2. The van der Waals surface area contributed by atoms with Gasteiger partial charge in [-0.3, -0.25) is 9.59 Å². The van der Waals surface area contributed by atoms with E-state index in [2.05, 4.69) is 0 Å². The van der Waals surface area contributed by atoms with Crippen molar-refractivity contribution in [3.8, 4) is 0 Å². The molecule has 3 aromatic rings. The van der Waals surface area contributed by atoms with Gasteiger partial charge in [0.05, 0.1) is 23.8 Å². The summed E-state index contributed by atoms with van der Waals surface area (Å²) < 4.78 is 5.70. The highest BCUT2D eigenvalue weighted by Crippen LogP contribution is 2.16. The fourth-order valence-electron chi connectivity index (χ4n) is 3.77. The number of nitrogens with zero attached hydrogens (tertiary/aromatic N) is 3. The first-order valence-corrected chi connectivity index (χ1v) is 11.6. The van der Waals surface area contributed by atoms with Crippen molar-refractivity contribution in [1.29, 1.82) is 0 Å². The summed E-state index contributed by atoms with van der Waals surface area (Å²) in [5.41, 5.74) is 2.67. The Kier molecular flexibility index (Phi) is 8.46. The molecule has 3 amide bonds. The smallest absolute Gasteiger partial charge is 0.319 e. The molecule has 0 aliphatic carbocycles. The first kappa shape index (κ1) is 25.0. The van der Waals surface area contributed by atoms with Crippen molar-refractivity contribution in [2.45, 2.75) is 39.8 Å². The zero-order chi connectivity index (χ0) is 24.7. The van der Waals surface area contributed by atoms with E-state index in [1.165, 1.54) is 11.2 Å². The molecule has 7 heteroatoms. The molecule has 1 heterocycles. The molecule has 0 atom stereocenters. The average Bonchev–Trinajstić information content (AvgIpc) is 2.83. The summed E-state index contributed by atoms with van der Waals surface area (Å²) in [7, 11) is 3.35. The lowest BCUT2D eigenvalue weighted by atomic mass is 10.1. The highest BCUT2D eigenvalue weighted by atomic mass is 16.3. The van der Waals surface area contributed by atoms with Crippen LogP contribution >= 0.6 is 0 Å². The van der Waals surface area contributed by atoms with Crippen LogP contribution in [0.3, 0.4) is 0 Å². The van der Waals surface area contributed by atoms with Gasteiger partial charge >= 0.3 is 6.03 Å². The monoisotopic (exact) mass is 463 g/mol. The SMILES string of the molecule is CCCCN(CC(=O)N(Cc1ccccc1)Cc1coc2ccc(C)cc2c1=O)C(=O)N(C)C. The summed E-state index contributed by atoms with van der Waals surface area (Å²) in [4.78, 5) is 44.0. The first-order valence-electron chi connectivity index (χ1n) is 11.6. The molecule has 34 heavy (non-hydrogen) atoms. The van der Waals surface area contributed by atoms with Crippen molar-refractivity contribution in [1.82, 2.24) is 14.7 Å². The second-order valence-corrected chi connectivity index (χ2v) is 8.78. The minimum absolute atomic E-state index is 0.0537. The molecule has 7 nitrogen and oxygen atoms in total. The summed E-state index contributed by atoms with van der Waals surface area (Å²) in [5, 5.41) is 0.497. The second kappa shape index (κ2) is 11.5. The van der Waals surface area contributed by atoms with Gasteiger partial charge in [0.15, 0.2) is 5.43 Å². The lowest BCUT2D eigenvalue weighted by Gasteiger charge is -2.29. The minimum Gasteiger partial charge on any atom is -0.464 e. The lowest BCUT2D eigenvalue weighted by molar-refractivity contribution is -0.133. The van der Waals surface area contributed by atoms with Gasteiger partial charge in [0.1, 0.15) is 12.1 Å². The number of unbranched alkanes of at least 4 members (excludes halogenated alkanes) is 1. The van der Waals surface area contributed by atoms with Crippen molar-refractivity contribution in [3.63, 3.8) is 0 Å². The van der Waals surface area contributed by atoms with Crippen LogP contribution in [0, 0.1) is 6.92 Å². The number of carbonyl (C=O) groups is 2. The minimum atomic E-state index is -0.223. The summed E-state index contributed by atoms with van der Waals surface area (Å²) in [6.45, 7) is 4.82. The van der Waals surface area contributed by atoms with E-state index in [0.29, 0.717) is 29.6 Å². The Balaban J connectivity index is 1.91. The van der Waals surface area contributed by atoms with Crippen LogP contribution in [0.25, 0.3) is 11.0 Å². The van der Waals surface area contributed by atoms with Gasteiger partial charge in [0, 0.05) is 27.2 Å². The Labute approximate surface area is 200 Å². The summed E-state index contributed by atoms with van der Waals surface area (Å²) in [5.74, 6) is -0.223. The Morgan fingerprint density at radius 3 is 2.38 bits per heavy atom. The molecule has 0 saturated heterocycles. The van der Waals surface area contributed by atoms with E-state index in [0.717, 1.165) is 24.0 Å². The number of rotatable bonds is 9. The molecule has 3 rings (SSSR count). The van der Waals surface area contributed by atoms with Crippen LogP contribution < -0.4 is 5.43 Å². The molecule has 0 saturated carbocycles. The average molecular weight is 464 g/mol. The molecule has 1 aromatic heterocycles. The quantitative estimate of drug-likeness (QED) is 0.471. The number of hydrogen-bond acceptors (Lipinski definition) is 4. The van der Waals surface area contributed by atoms with E-state index in [9.17, 15) is 14.4 Å². The van der Waals surface area contributed by atoms with Crippen LogP contribution in [-0.2, 0) is 17.9 Å². The Hall–Kier alpha value is -3.61. The van der Waals surface area contributed by atoms with Crippen molar-refractivity contribution in [2.24, 2.45) is 0 Å². The van der Waals surface area contributed by atoms with Crippen molar-refractivity contribution < 1.29 is 14.0 Å². The lowest BCUT2D eigenvalue weighted by Crippen LogP contribution is -2.46. The second-order valence-electron chi connectivity index (χ2n) is 8.78. The first-order chi connectivity index (χ1) is 16.3. The van der Waals surface area contributed by atoms with Gasteiger partial charge in [-0.1, -0.05) is 55.3 Å². The molecule has 0 spiro atoms. The van der Waals surface area contributed by atoms with Crippen LogP contribution in [0.15, 0.2) is 64.0 Å². The van der Waals surface area contributed by atoms with Gasteiger partial charge < -0.3 is 19.1 Å². The van der Waals surface area contributed by atoms with Gasteiger partial charge in [-0.25, -0.2) is 4.79 Å². The zero-order valence-corrected chi connectivity index (χ0v) is 20.4.